The summed E-state index contributed by atoms with van der Waals surface area (Å²) in [4.78, 5) is 3.17. The number of ether oxygens (including phenoxy) is 1. The quantitative estimate of drug-likeness (QED) is 0.797. The predicted octanol–water partition coefficient (Wildman–Crippen LogP) is 3.95. The van der Waals surface area contributed by atoms with Gasteiger partial charge in [-0.05, 0) is 56.7 Å². The van der Waals surface area contributed by atoms with E-state index in [0.717, 1.165) is 13.0 Å². The minimum Gasteiger partial charge on any atom is -0.385 e. The average molecular weight is 281 g/mol. The second kappa shape index (κ2) is 7.41. The van der Waals surface area contributed by atoms with Gasteiger partial charge in [-0.3, -0.25) is 0 Å². The number of nitrogens with one attached hydrogen (secondary N) is 1. The van der Waals surface area contributed by atoms with E-state index in [0.29, 0.717) is 12.0 Å². The SMILES string of the molecule is CNC(c1cc2c(s1)CCCCC2)C(C)CCOC. The van der Waals surface area contributed by atoms with Crippen LogP contribution in [0.4, 0.5) is 0 Å². The predicted molar refractivity (Wildman–Crippen MR) is 83.0 cm³/mol. The van der Waals surface area contributed by atoms with Gasteiger partial charge >= 0.3 is 0 Å². The molecule has 1 heterocycles. The Balaban J connectivity index is 2.10. The van der Waals surface area contributed by atoms with Gasteiger partial charge in [-0.15, -0.1) is 11.3 Å². The fraction of sp³-hybridized carbons (Fsp3) is 0.750. The summed E-state index contributed by atoms with van der Waals surface area (Å²) >= 11 is 2.04. The second-order valence-corrected chi connectivity index (χ2v) is 6.85. The van der Waals surface area contributed by atoms with Crippen LogP contribution in [0.2, 0.25) is 0 Å². The van der Waals surface area contributed by atoms with Crippen molar-refractivity contribution >= 4 is 11.3 Å². The standard InChI is InChI=1S/C16H27NOS/c1-12(9-10-18-3)16(17-2)15-11-13-7-5-4-6-8-14(13)19-15/h11-12,16-17H,4-10H2,1-3H3. The fourth-order valence-corrected chi connectivity index (χ4v) is 4.52. The summed E-state index contributed by atoms with van der Waals surface area (Å²) in [5.41, 5.74) is 1.62. The van der Waals surface area contributed by atoms with E-state index in [1.54, 1.807) is 17.6 Å². The number of aryl methyl sites for hydroxylation is 2. The van der Waals surface area contributed by atoms with Crippen LogP contribution in [0.25, 0.3) is 0 Å². The highest BCUT2D eigenvalue weighted by atomic mass is 32.1. The molecule has 0 spiro atoms. The maximum absolute atomic E-state index is 5.22. The molecule has 1 aromatic heterocycles. The molecule has 0 saturated heterocycles. The lowest BCUT2D eigenvalue weighted by atomic mass is 9.96. The van der Waals surface area contributed by atoms with E-state index in [2.05, 4.69) is 25.4 Å². The van der Waals surface area contributed by atoms with Crippen molar-refractivity contribution in [3.8, 4) is 0 Å². The maximum atomic E-state index is 5.22. The van der Waals surface area contributed by atoms with E-state index in [4.69, 9.17) is 4.74 Å². The Morgan fingerprint density at radius 2 is 2.11 bits per heavy atom. The highest BCUT2D eigenvalue weighted by Crippen LogP contribution is 2.35. The van der Waals surface area contributed by atoms with Crippen molar-refractivity contribution in [3.05, 3.63) is 21.4 Å². The van der Waals surface area contributed by atoms with E-state index in [9.17, 15) is 0 Å². The Bertz CT molecular complexity index is 365. The zero-order chi connectivity index (χ0) is 13.7. The second-order valence-electron chi connectivity index (χ2n) is 5.68. The van der Waals surface area contributed by atoms with Crippen LogP contribution in [0.15, 0.2) is 6.07 Å². The van der Waals surface area contributed by atoms with Crippen LogP contribution in [-0.2, 0) is 17.6 Å². The zero-order valence-electron chi connectivity index (χ0n) is 12.5. The Kier molecular flexibility index (Phi) is 5.86. The first kappa shape index (κ1) is 15.0. The minimum atomic E-state index is 0.479. The Morgan fingerprint density at radius 3 is 2.84 bits per heavy atom. The van der Waals surface area contributed by atoms with Gasteiger partial charge in [-0.2, -0.15) is 0 Å². The third kappa shape index (κ3) is 3.80. The molecule has 1 N–H and O–H groups in total. The van der Waals surface area contributed by atoms with Crippen molar-refractivity contribution in [2.24, 2.45) is 5.92 Å². The molecule has 0 amide bonds. The van der Waals surface area contributed by atoms with E-state index in [-0.39, 0.29) is 0 Å². The van der Waals surface area contributed by atoms with Gasteiger partial charge in [0.2, 0.25) is 0 Å². The van der Waals surface area contributed by atoms with Crippen LogP contribution in [0.3, 0.4) is 0 Å². The molecule has 0 radical (unpaired) electrons. The van der Waals surface area contributed by atoms with Crippen LogP contribution in [0, 0.1) is 5.92 Å². The highest BCUT2D eigenvalue weighted by Gasteiger charge is 2.21. The summed E-state index contributed by atoms with van der Waals surface area (Å²) in [6.45, 7) is 3.18. The van der Waals surface area contributed by atoms with Crippen LogP contribution in [0.1, 0.15) is 54.0 Å². The van der Waals surface area contributed by atoms with Gasteiger partial charge in [-0.1, -0.05) is 13.3 Å². The van der Waals surface area contributed by atoms with Gasteiger partial charge in [0.05, 0.1) is 0 Å². The lowest BCUT2D eigenvalue weighted by molar-refractivity contribution is 0.171. The normalized spacial score (nSPS) is 18.7. The zero-order valence-corrected chi connectivity index (χ0v) is 13.3. The molecule has 2 unspecified atom stereocenters. The van der Waals surface area contributed by atoms with Crippen molar-refractivity contribution in [1.82, 2.24) is 5.32 Å². The Labute approximate surface area is 121 Å². The lowest BCUT2D eigenvalue weighted by Crippen LogP contribution is -2.23. The fourth-order valence-electron chi connectivity index (χ4n) is 3.02. The van der Waals surface area contributed by atoms with Crippen molar-refractivity contribution in [2.45, 2.75) is 51.5 Å². The van der Waals surface area contributed by atoms with Gasteiger partial charge in [0.25, 0.3) is 0 Å². The molecule has 1 aliphatic rings. The van der Waals surface area contributed by atoms with Gasteiger partial charge in [0, 0.05) is 29.5 Å². The van der Waals surface area contributed by atoms with E-state index in [1.807, 2.05) is 11.3 Å². The summed E-state index contributed by atoms with van der Waals surface area (Å²) in [5.74, 6) is 0.618. The summed E-state index contributed by atoms with van der Waals surface area (Å²) in [7, 11) is 3.87. The number of hydrogen-bond acceptors (Lipinski definition) is 3. The number of thiophene rings is 1. The summed E-state index contributed by atoms with van der Waals surface area (Å²) in [5, 5.41) is 3.51. The first-order valence-corrected chi connectivity index (χ1v) is 8.35. The summed E-state index contributed by atoms with van der Waals surface area (Å²) < 4.78 is 5.22. The van der Waals surface area contributed by atoms with Crippen LogP contribution in [-0.4, -0.2) is 20.8 Å². The molecule has 1 aliphatic carbocycles. The topological polar surface area (TPSA) is 21.3 Å². The monoisotopic (exact) mass is 281 g/mol. The maximum Gasteiger partial charge on any atom is 0.0465 e. The number of rotatable bonds is 6. The first-order chi connectivity index (χ1) is 9.26. The minimum absolute atomic E-state index is 0.479. The molecular weight excluding hydrogens is 254 g/mol. The number of methoxy groups -OCH3 is 1. The summed E-state index contributed by atoms with van der Waals surface area (Å²) in [6, 6.07) is 2.95. The third-order valence-electron chi connectivity index (χ3n) is 4.23. The van der Waals surface area contributed by atoms with Crippen molar-refractivity contribution < 1.29 is 4.74 Å². The first-order valence-electron chi connectivity index (χ1n) is 7.54. The molecule has 2 rings (SSSR count). The van der Waals surface area contributed by atoms with Crippen molar-refractivity contribution in [2.75, 3.05) is 20.8 Å². The lowest BCUT2D eigenvalue weighted by Gasteiger charge is -2.22. The molecule has 0 saturated carbocycles. The average Bonchev–Trinajstić information content (AvgIpc) is 2.68. The third-order valence-corrected chi connectivity index (χ3v) is 5.55. The molecule has 2 atom stereocenters. The number of fused-ring (bicyclic) bond motifs is 1. The molecular formula is C16H27NOS. The van der Waals surface area contributed by atoms with Crippen LogP contribution >= 0.6 is 11.3 Å². The Morgan fingerprint density at radius 1 is 1.32 bits per heavy atom. The number of hydrogen-bond donors (Lipinski definition) is 1. The Hall–Kier alpha value is -0.380. The van der Waals surface area contributed by atoms with Crippen LogP contribution < -0.4 is 5.32 Å². The smallest absolute Gasteiger partial charge is 0.0465 e. The molecule has 1 aromatic rings. The van der Waals surface area contributed by atoms with Crippen molar-refractivity contribution in [3.63, 3.8) is 0 Å². The summed E-state index contributed by atoms with van der Waals surface area (Å²) in [6.07, 6.45) is 7.83. The van der Waals surface area contributed by atoms with Gasteiger partial charge in [-0.25, -0.2) is 0 Å². The molecule has 0 fully saturated rings. The van der Waals surface area contributed by atoms with Gasteiger partial charge < -0.3 is 10.1 Å². The molecule has 108 valence electrons. The van der Waals surface area contributed by atoms with E-state index < -0.39 is 0 Å². The van der Waals surface area contributed by atoms with Crippen molar-refractivity contribution in [1.29, 1.82) is 0 Å². The molecule has 19 heavy (non-hydrogen) atoms. The molecule has 0 bridgehead atoms. The largest absolute Gasteiger partial charge is 0.385 e. The van der Waals surface area contributed by atoms with Gasteiger partial charge in [0.1, 0.15) is 0 Å². The highest BCUT2D eigenvalue weighted by molar-refractivity contribution is 7.12. The molecule has 3 heteroatoms. The van der Waals surface area contributed by atoms with E-state index >= 15 is 0 Å². The van der Waals surface area contributed by atoms with E-state index in [1.165, 1.54) is 37.0 Å². The molecule has 0 aliphatic heterocycles. The van der Waals surface area contributed by atoms with Gasteiger partial charge in [0.15, 0.2) is 0 Å². The molecule has 2 nitrogen and oxygen atoms in total. The van der Waals surface area contributed by atoms with Crippen LogP contribution in [0.5, 0.6) is 0 Å². The molecule has 0 aromatic carbocycles.